The molecule has 0 saturated carbocycles. The largest absolute Gasteiger partial charge is 0.435 e. The Labute approximate surface area is 104 Å². The maximum Gasteiger partial charge on any atom is 0.256 e. The number of nitrogen functional groups attached to an aromatic ring is 1. The van der Waals surface area contributed by atoms with Gasteiger partial charge in [0.1, 0.15) is 11.6 Å². The Balaban J connectivity index is 2.35. The van der Waals surface area contributed by atoms with Crippen molar-refractivity contribution in [3.8, 4) is 11.6 Å². The summed E-state index contributed by atoms with van der Waals surface area (Å²) in [5, 5.41) is 0. The van der Waals surface area contributed by atoms with Gasteiger partial charge in [0.15, 0.2) is 5.82 Å². The van der Waals surface area contributed by atoms with E-state index in [1.807, 2.05) is 0 Å². The third-order valence-corrected chi connectivity index (χ3v) is 2.82. The number of halogens is 3. The number of benzene rings is 1. The Morgan fingerprint density at radius 3 is 2.76 bits per heavy atom. The molecule has 0 aliphatic carbocycles. The molecule has 0 atom stereocenters. The first kappa shape index (κ1) is 11.8. The van der Waals surface area contributed by atoms with Gasteiger partial charge >= 0.3 is 0 Å². The molecule has 1 aromatic heterocycles. The molecule has 2 rings (SSSR count). The fourth-order valence-electron chi connectivity index (χ4n) is 1.19. The molecule has 0 radical (unpaired) electrons. The predicted molar refractivity (Wildman–Crippen MR) is 62.8 cm³/mol. The lowest BCUT2D eigenvalue weighted by Crippen LogP contribution is -1.95. The van der Waals surface area contributed by atoms with E-state index in [1.54, 1.807) is 18.2 Å². The quantitative estimate of drug-likeness (QED) is 0.864. The van der Waals surface area contributed by atoms with E-state index in [9.17, 15) is 8.78 Å². The summed E-state index contributed by atoms with van der Waals surface area (Å²) in [5.41, 5.74) is 6.08. The molecule has 3 nitrogen and oxygen atoms in total. The fourth-order valence-corrected chi connectivity index (χ4v) is 1.53. The maximum absolute atomic E-state index is 13.3. The molecule has 2 aromatic rings. The Kier molecular flexibility index (Phi) is 3.23. The van der Waals surface area contributed by atoms with Crippen LogP contribution in [0.3, 0.4) is 0 Å². The van der Waals surface area contributed by atoms with Crippen molar-refractivity contribution in [3.63, 3.8) is 0 Å². The first-order chi connectivity index (χ1) is 8.08. The normalized spacial score (nSPS) is 10.3. The van der Waals surface area contributed by atoms with E-state index < -0.39 is 11.6 Å². The molecule has 1 aromatic carbocycles. The van der Waals surface area contributed by atoms with Gasteiger partial charge in [0.25, 0.3) is 5.88 Å². The van der Waals surface area contributed by atoms with Crippen LogP contribution in [0.15, 0.2) is 34.9 Å². The molecule has 0 fully saturated rings. The van der Waals surface area contributed by atoms with Gasteiger partial charge in [0.05, 0.1) is 10.7 Å². The molecule has 6 heteroatoms. The molecule has 0 unspecified atom stereocenters. The van der Waals surface area contributed by atoms with E-state index in [2.05, 4.69) is 20.9 Å². The van der Waals surface area contributed by atoms with E-state index in [0.29, 0.717) is 22.0 Å². The number of nitrogens with zero attached hydrogens (tertiary/aromatic N) is 1. The highest BCUT2D eigenvalue weighted by Crippen LogP contribution is 2.33. The Morgan fingerprint density at radius 1 is 1.29 bits per heavy atom. The second-order valence-electron chi connectivity index (χ2n) is 3.20. The summed E-state index contributed by atoms with van der Waals surface area (Å²) >= 11 is 3.20. The van der Waals surface area contributed by atoms with Crippen molar-refractivity contribution >= 4 is 21.6 Å². The zero-order chi connectivity index (χ0) is 12.4. The fraction of sp³-hybridized carbons (Fsp3) is 0. The first-order valence-electron chi connectivity index (χ1n) is 4.61. The second kappa shape index (κ2) is 4.67. The topological polar surface area (TPSA) is 48.1 Å². The molecule has 0 aliphatic heterocycles. The molecule has 0 amide bonds. The van der Waals surface area contributed by atoms with E-state index >= 15 is 0 Å². The molecule has 0 spiro atoms. The number of hydrogen-bond donors (Lipinski definition) is 1. The zero-order valence-electron chi connectivity index (χ0n) is 8.45. The van der Waals surface area contributed by atoms with E-state index in [0.717, 1.165) is 6.20 Å². The zero-order valence-corrected chi connectivity index (χ0v) is 10.0. The van der Waals surface area contributed by atoms with Gasteiger partial charge in [-0.05, 0) is 28.1 Å². The summed E-state index contributed by atoms with van der Waals surface area (Å²) in [7, 11) is 0. The number of pyridine rings is 1. The molecule has 2 N–H and O–H groups in total. The van der Waals surface area contributed by atoms with Crippen LogP contribution in [0.2, 0.25) is 0 Å². The average Bonchev–Trinajstić information content (AvgIpc) is 2.28. The highest BCUT2D eigenvalue weighted by atomic mass is 79.9. The summed E-state index contributed by atoms with van der Waals surface area (Å²) in [6.45, 7) is 0. The molecular formula is C11H7BrF2N2O. The standard InChI is InChI=1S/C11H7BrF2N2O/c12-10-8(15)2-1-3-9(10)17-11-7(14)4-6(13)5-16-11/h1-5H,15H2. The predicted octanol–water partition coefficient (Wildman–Crippen LogP) is 3.50. The number of aromatic nitrogens is 1. The maximum atomic E-state index is 13.3. The Bertz CT molecular complexity index is 563. The third-order valence-electron chi connectivity index (χ3n) is 1.97. The van der Waals surface area contributed by atoms with Crippen molar-refractivity contribution in [1.82, 2.24) is 4.98 Å². The van der Waals surface area contributed by atoms with Gasteiger partial charge in [-0.2, -0.15) is 0 Å². The van der Waals surface area contributed by atoms with Gasteiger partial charge in [-0.15, -0.1) is 0 Å². The van der Waals surface area contributed by atoms with Crippen molar-refractivity contribution in [2.45, 2.75) is 0 Å². The van der Waals surface area contributed by atoms with E-state index in [1.165, 1.54) is 0 Å². The monoisotopic (exact) mass is 300 g/mol. The third kappa shape index (κ3) is 2.52. The second-order valence-corrected chi connectivity index (χ2v) is 3.99. The van der Waals surface area contributed by atoms with Gasteiger partial charge in [0, 0.05) is 11.8 Å². The molecule has 0 bridgehead atoms. The lowest BCUT2D eigenvalue weighted by Gasteiger charge is -2.08. The van der Waals surface area contributed by atoms with Crippen LogP contribution in [0.4, 0.5) is 14.5 Å². The van der Waals surface area contributed by atoms with Crippen LogP contribution in [0.25, 0.3) is 0 Å². The minimum absolute atomic E-state index is 0.308. The van der Waals surface area contributed by atoms with Gasteiger partial charge in [0.2, 0.25) is 0 Å². The lowest BCUT2D eigenvalue weighted by molar-refractivity contribution is 0.415. The summed E-state index contributed by atoms with van der Waals surface area (Å²) in [5.74, 6) is -1.64. The minimum atomic E-state index is -0.876. The number of anilines is 1. The van der Waals surface area contributed by atoms with Crippen LogP contribution >= 0.6 is 15.9 Å². The summed E-state index contributed by atoms with van der Waals surface area (Å²) < 4.78 is 31.6. The molecule has 1 heterocycles. The van der Waals surface area contributed by atoms with Crippen molar-refractivity contribution < 1.29 is 13.5 Å². The van der Waals surface area contributed by atoms with Crippen molar-refractivity contribution in [2.75, 3.05) is 5.73 Å². The van der Waals surface area contributed by atoms with Gasteiger partial charge in [-0.1, -0.05) is 6.07 Å². The Hall–Kier alpha value is -1.69. The van der Waals surface area contributed by atoms with Crippen molar-refractivity contribution in [3.05, 3.63) is 46.6 Å². The van der Waals surface area contributed by atoms with Crippen LogP contribution in [0.1, 0.15) is 0 Å². The van der Waals surface area contributed by atoms with Crippen LogP contribution in [-0.2, 0) is 0 Å². The molecule has 17 heavy (non-hydrogen) atoms. The number of rotatable bonds is 2. The highest BCUT2D eigenvalue weighted by molar-refractivity contribution is 9.10. The van der Waals surface area contributed by atoms with Gasteiger partial charge in [-0.25, -0.2) is 13.8 Å². The van der Waals surface area contributed by atoms with E-state index in [4.69, 9.17) is 10.5 Å². The number of ether oxygens (including phenoxy) is 1. The SMILES string of the molecule is Nc1cccc(Oc2ncc(F)cc2F)c1Br. The molecular weight excluding hydrogens is 294 g/mol. The van der Waals surface area contributed by atoms with Gasteiger partial charge in [-0.3, -0.25) is 0 Å². The van der Waals surface area contributed by atoms with Gasteiger partial charge < -0.3 is 10.5 Å². The van der Waals surface area contributed by atoms with Crippen LogP contribution in [0, 0.1) is 11.6 Å². The summed E-state index contributed by atoms with van der Waals surface area (Å²) in [4.78, 5) is 3.51. The highest BCUT2D eigenvalue weighted by Gasteiger charge is 2.11. The molecule has 88 valence electrons. The van der Waals surface area contributed by atoms with Crippen molar-refractivity contribution in [1.29, 1.82) is 0 Å². The molecule has 0 aliphatic rings. The minimum Gasteiger partial charge on any atom is -0.435 e. The molecule has 0 saturated heterocycles. The summed E-state index contributed by atoms with van der Waals surface area (Å²) in [6, 6.07) is 5.59. The summed E-state index contributed by atoms with van der Waals surface area (Å²) in [6.07, 6.45) is 0.874. The number of hydrogen-bond acceptors (Lipinski definition) is 3. The van der Waals surface area contributed by atoms with Crippen LogP contribution < -0.4 is 10.5 Å². The van der Waals surface area contributed by atoms with Crippen LogP contribution in [0.5, 0.6) is 11.6 Å². The van der Waals surface area contributed by atoms with E-state index in [-0.39, 0.29) is 5.88 Å². The average molecular weight is 301 g/mol. The van der Waals surface area contributed by atoms with Crippen LogP contribution in [-0.4, -0.2) is 4.98 Å². The van der Waals surface area contributed by atoms with Crippen molar-refractivity contribution in [2.24, 2.45) is 0 Å². The first-order valence-corrected chi connectivity index (χ1v) is 5.40. The Morgan fingerprint density at radius 2 is 2.06 bits per heavy atom. The lowest BCUT2D eigenvalue weighted by atomic mass is 10.3. The smallest absolute Gasteiger partial charge is 0.256 e. The number of nitrogens with two attached hydrogens (primary N) is 1.